The third kappa shape index (κ3) is 2.66. The third-order valence-corrected chi connectivity index (χ3v) is 6.37. The van der Waals surface area contributed by atoms with Crippen molar-refractivity contribution in [3.05, 3.63) is 23.8 Å². The molecule has 3 heteroatoms. The lowest BCUT2D eigenvalue weighted by atomic mass is 9.46. The van der Waals surface area contributed by atoms with Gasteiger partial charge in [0, 0.05) is 0 Å². The van der Waals surface area contributed by atoms with E-state index in [1.807, 2.05) is 19.9 Å². The van der Waals surface area contributed by atoms with Gasteiger partial charge in [0.2, 0.25) is 0 Å². The fourth-order valence-corrected chi connectivity index (χ4v) is 4.99. The Bertz CT molecular complexity index is 519. The maximum absolute atomic E-state index is 11.9. The molecule has 0 aromatic carbocycles. The van der Waals surface area contributed by atoms with Gasteiger partial charge in [0.1, 0.15) is 6.29 Å². The molecule has 2 rings (SSSR count). The van der Waals surface area contributed by atoms with Crippen LogP contribution in [0.4, 0.5) is 0 Å². The quantitative estimate of drug-likeness (QED) is 0.476. The van der Waals surface area contributed by atoms with E-state index in [2.05, 4.69) is 13.5 Å². The van der Waals surface area contributed by atoms with Gasteiger partial charge in [0.15, 0.2) is 0 Å². The van der Waals surface area contributed by atoms with Crippen molar-refractivity contribution in [3.63, 3.8) is 0 Å². The van der Waals surface area contributed by atoms with Crippen molar-refractivity contribution < 1.29 is 14.7 Å². The van der Waals surface area contributed by atoms with Crippen LogP contribution in [0.15, 0.2) is 23.8 Å². The summed E-state index contributed by atoms with van der Waals surface area (Å²) in [5.41, 5.74) is 1.31. The van der Waals surface area contributed by atoms with Gasteiger partial charge in [-0.1, -0.05) is 31.6 Å². The van der Waals surface area contributed by atoms with Crippen LogP contribution in [0.1, 0.15) is 59.3 Å². The summed E-state index contributed by atoms with van der Waals surface area (Å²) >= 11 is 0. The molecule has 0 radical (unpaired) electrons. The highest BCUT2D eigenvalue weighted by molar-refractivity contribution is 5.75. The van der Waals surface area contributed by atoms with Gasteiger partial charge in [-0.25, -0.2) is 0 Å². The zero-order valence-corrected chi connectivity index (χ0v) is 14.0. The van der Waals surface area contributed by atoms with E-state index in [0.717, 1.165) is 50.4 Å². The molecule has 0 aromatic heterocycles. The zero-order chi connectivity index (χ0) is 16.5. The maximum Gasteiger partial charge on any atom is 0.309 e. The molecule has 0 bridgehead atoms. The number of aldehydes is 1. The molecule has 2 aliphatic carbocycles. The molecular weight excluding hydrogens is 276 g/mol. The second-order valence-corrected chi connectivity index (χ2v) is 7.69. The number of carbonyl (C=O) groups excluding carboxylic acids is 1. The molecule has 2 saturated carbocycles. The van der Waals surface area contributed by atoms with E-state index in [-0.39, 0.29) is 17.3 Å². The number of aliphatic carboxylic acids is 1. The largest absolute Gasteiger partial charge is 0.481 e. The summed E-state index contributed by atoms with van der Waals surface area (Å²) in [7, 11) is 0. The molecule has 0 saturated heterocycles. The van der Waals surface area contributed by atoms with Gasteiger partial charge in [0.25, 0.3) is 0 Å². The fraction of sp³-hybridized carbons (Fsp3) is 0.684. The Kier molecular flexibility index (Phi) is 4.65. The lowest BCUT2D eigenvalue weighted by Gasteiger charge is -2.57. The molecule has 0 aliphatic heterocycles. The van der Waals surface area contributed by atoms with Gasteiger partial charge in [-0.2, -0.15) is 0 Å². The normalized spacial score (nSPS) is 39.2. The Morgan fingerprint density at radius 1 is 1.41 bits per heavy atom. The summed E-state index contributed by atoms with van der Waals surface area (Å²) in [6, 6.07) is 0. The summed E-state index contributed by atoms with van der Waals surface area (Å²) in [6.07, 6.45) is 8.27. The lowest BCUT2D eigenvalue weighted by Crippen LogP contribution is -2.53. The molecule has 122 valence electrons. The molecule has 3 nitrogen and oxygen atoms in total. The van der Waals surface area contributed by atoms with Crippen LogP contribution in [0.5, 0.6) is 0 Å². The number of carbonyl (C=O) groups is 2. The van der Waals surface area contributed by atoms with Crippen LogP contribution in [0.2, 0.25) is 0 Å². The molecule has 4 atom stereocenters. The SMILES string of the molecule is C=C1CC[C@@H]2[C@](C)(CCC[C@@]2(C)C(=O)O)[C@H]1CC=C(C)C=O. The topological polar surface area (TPSA) is 54.4 Å². The van der Waals surface area contributed by atoms with E-state index in [9.17, 15) is 14.7 Å². The standard InChI is InChI=1S/C19H28O3/c1-13(12-20)6-8-15-14(2)7-9-16-18(15,3)10-5-11-19(16,4)17(21)22/h6,12,15-16H,2,5,7-11H2,1,3-4H3,(H,21,22)/t15-,16+,18+,19+/m0/s1. The van der Waals surface area contributed by atoms with Crippen LogP contribution in [0, 0.1) is 22.7 Å². The van der Waals surface area contributed by atoms with E-state index in [1.165, 1.54) is 5.57 Å². The molecule has 0 aromatic rings. The molecular formula is C19H28O3. The van der Waals surface area contributed by atoms with Gasteiger partial charge in [0.05, 0.1) is 5.41 Å². The fourth-order valence-electron chi connectivity index (χ4n) is 4.99. The Morgan fingerprint density at radius 3 is 2.68 bits per heavy atom. The van der Waals surface area contributed by atoms with Crippen molar-refractivity contribution in [1.29, 1.82) is 0 Å². The average molecular weight is 304 g/mol. The highest BCUT2D eigenvalue weighted by Gasteiger charge is 2.57. The van der Waals surface area contributed by atoms with Gasteiger partial charge in [-0.3, -0.25) is 9.59 Å². The summed E-state index contributed by atoms with van der Waals surface area (Å²) < 4.78 is 0. The second kappa shape index (κ2) is 6.02. The van der Waals surface area contributed by atoms with Crippen molar-refractivity contribution >= 4 is 12.3 Å². The molecule has 2 aliphatic rings. The number of carboxylic acid groups (broad SMARTS) is 1. The van der Waals surface area contributed by atoms with Crippen molar-refractivity contribution in [1.82, 2.24) is 0 Å². The molecule has 0 unspecified atom stereocenters. The predicted octanol–water partition coefficient (Wildman–Crippen LogP) is 4.39. The highest BCUT2D eigenvalue weighted by Crippen LogP contribution is 2.61. The molecule has 1 N–H and O–H groups in total. The monoisotopic (exact) mass is 304 g/mol. The molecule has 0 heterocycles. The number of carboxylic acids is 1. The van der Waals surface area contributed by atoms with Crippen molar-refractivity contribution in [2.45, 2.75) is 59.3 Å². The van der Waals surface area contributed by atoms with Crippen LogP contribution >= 0.6 is 0 Å². The van der Waals surface area contributed by atoms with Crippen LogP contribution < -0.4 is 0 Å². The van der Waals surface area contributed by atoms with E-state index >= 15 is 0 Å². The van der Waals surface area contributed by atoms with Gasteiger partial charge in [-0.15, -0.1) is 0 Å². The summed E-state index contributed by atoms with van der Waals surface area (Å²) in [5, 5.41) is 9.78. The van der Waals surface area contributed by atoms with Gasteiger partial charge >= 0.3 is 5.97 Å². The lowest BCUT2D eigenvalue weighted by molar-refractivity contribution is -0.164. The number of fused-ring (bicyclic) bond motifs is 1. The first-order valence-electron chi connectivity index (χ1n) is 8.28. The van der Waals surface area contributed by atoms with Crippen molar-refractivity contribution in [2.75, 3.05) is 0 Å². The van der Waals surface area contributed by atoms with Crippen LogP contribution in [0.25, 0.3) is 0 Å². The van der Waals surface area contributed by atoms with Crippen LogP contribution in [0.3, 0.4) is 0 Å². The average Bonchev–Trinajstić information content (AvgIpc) is 2.45. The Balaban J connectivity index is 2.36. The Hall–Kier alpha value is -1.38. The molecule has 22 heavy (non-hydrogen) atoms. The molecule has 0 amide bonds. The molecule has 2 fully saturated rings. The predicted molar refractivity (Wildman–Crippen MR) is 87.5 cm³/mol. The van der Waals surface area contributed by atoms with E-state index in [4.69, 9.17) is 0 Å². The molecule has 0 spiro atoms. The maximum atomic E-state index is 11.9. The van der Waals surface area contributed by atoms with E-state index in [0.29, 0.717) is 0 Å². The number of hydrogen-bond acceptors (Lipinski definition) is 2. The summed E-state index contributed by atoms with van der Waals surface area (Å²) in [4.78, 5) is 22.7. The van der Waals surface area contributed by atoms with Crippen molar-refractivity contribution in [2.24, 2.45) is 22.7 Å². The minimum atomic E-state index is -0.658. The number of hydrogen-bond donors (Lipinski definition) is 1. The Labute approximate surface area is 133 Å². The van der Waals surface area contributed by atoms with E-state index in [1.54, 1.807) is 0 Å². The summed E-state index contributed by atoms with van der Waals surface area (Å²) in [6.45, 7) is 10.3. The van der Waals surface area contributed by atoms with Gasteiger partial charge < -0.3 is 5.11 Å². The third-order valence-electron chi connectivity index (χ3n) is 6.37. The zero-order valence-electron chi connectivity index (χ0n) is 14.0. The Morgan fingerprint density at radius 2 is 2.09 bits per heavy atom. The van der Waals surface area contributed by atoms with Gasteiger partial charge in [-0.05, 0) is 68.8 Å². The van der Waals surface area contributed by atoms with Crippen LogP contribution in [-0.2, 0) is 9.59 Å². The first-order chi connectivity index (χ1) is 10.3. The number of allylic oxidation sites excluding steroid dienone is 3. The summed E-state index contributed by atoms with van der Waals surface area (Å²) in [5.74, 6) is -0.193. The minimum absolute atomic E-state index is 0.0274. The smallest absolute Gasteiger partial charge is 0.309 e. The first-order valence-corrected chi connectivity index (χ1v) is 8.28. The van der Waals surface area contributed by atoms with Crippen molar-refractivity contribution in [3.8, 4) is 0 Å². The van der Waals surface area contributed by atoms with E-state index < -0.39 is 11.4 Å². The first kappa shape index (κ1) is 17.0. The minimum Gasteiger partial charge on any atom is -0.481 e. The van der Waals surface area contributed by atoms with Crippen LogP contribution in [-0.4, -0.2) is 17.4 Å². The highest BCUT2D eigenvalue weighted by atomic mass is 16.4. The number of rotatable bonds is 4. The second-order valence-electron chi connectivity index (χ2n) is 7.69.